The van der Waals surface area contributed by atoms with Gasteiger partial charge in [-0.1, -0.05) is 26.0 Å². The first-order chi connectivity index (χ1) is 12.1. The van der Waals surface area contributed by atoms with E-state index in [1.165, 1.54) is 25.0 Å². The summed E-state index contributed by atoms with van der Waals surface area (Å²) in [6.07, 6.45) is -1.60. The molecule has 1 fully saturated rings. The van der Waals surface area contributed by atoms with E-state index in [1.807, 2.05) is 13.8 Å². The van der Waals surface area contributed by atoms with Crippen molar-refractivity contribution in [3.05, 3.63) is 35.4 Å². The minimum Gasteiger partial charge on any atom is -0.352 e. The van der Waals surface area contributed by atoms with Gasteiger partial charge in [0.05, 0.1) is 5.56 Å². The minimum atomic E-state index is -4.33. The maximum absolute atomic E-state index is 12.6. The topological polar surface area (TPSA) is 32.3 Å². The van der Waals surface area contributed by atoms with Crippen molar-refractivity contribution in [1.82, 2.24) is 10.2 Å². The van der Waals surface area contributed by atoms with Gasteiger partial charge in [-0.25, -0.2) is 0 Å². The maximum Gasteiger partial charge on any atom is 0.416 e. The second-order valence-electron chi connectivity index (χ2n) is 7.70. The monoisotopic (exact) mass is 370 g/mol. The van der Waals surface area contributed by atoms with Gasteiger partial charge >= 0.3 is 6.18 Å². The Morgan fingerprint density at radius 3 is 2.50 bits per heavy atom. The lowest BCUT2D eigenvalue weighted by Crippen LogP contribution is -2.45. The summed E-state index contributed by atoms with van der Waals surface area (Å²) < 4.78 is 37.9. The summed E-state index contributed by atoms with van der Waals surface area (Å²) in [6.45, 7) is 9.10. The van der Waals surface area contributed by atoms with Crippen molar-refractivity contribution in [2.75, 3.05) is 19.6 Å². The van der Waals surface area contributed by atoms with Gasteiger partial charge in [-0.15, -0.1) is 0 Å². The first-order valence-corrected chi connectivity index (χ1v) is 9.34. The highest BCUT2D eigenvalue weighted by Crippen LogP contribution is 2.30. The SMILES string of the molecule is CC1CCCN(CC(C)NC(=O)CC(C)c2ccc(C(F)(F)F)cc2)C1. The van der Waals surface area contributed by atoms with E-state index in [1.54, 1.807) is 0 Å². The van der Waals surface area contributed by atoms with Gasteiger partial charge in [-0.2, -0.15) is 13.2 Å². The fourth-order valence-corrected chi connectivity index (χ4v) is 3.62. The fraction of sp³-hybridized carbons (Fsp3) is 0.650. The van der Waals surface area contributed by atoms with Gasteiger partial charge in [0.25, 0.3) is 0 Å². The van der Waals surface area contributed by atoms with Crippen molar-refractivity contribution in [3.8, 4) is 0 Å². The molecule has 1 aromatic carbocycles. The molecular weight excluding hydrogens is 341 g/mol. The summed E-state index contributed by atoms with van der Waals surface area (Å²) in [5, 5.41) is 3.02. The molecule has 3 nitrogen and oxygen atoms in total. The Bertz CT molecular complexity index is 586. The van der Waals surface area contributed by atoms with Gasteiger partial charge < -0.3 is 10.2 Å². The van der Waals surface area contributed by atoms with E-state index in [9.17, 15) is 18.0 Å². The van der Waals surface area contributed by atoms with Crippen molar-refractivity contribution in [1.29, 1.82) is 0 Å². The number of likely N-dealkylation sites (tertiary alicyclic amines) is 1. The predicted octanol–water partition coefficient (Wildman–Crippen LogP) is 4.44. The van der Waals surface area contributed by atoms with Crippen molar-refractivity contribution in [2.24, 2.45) is 5.92 Å². The molecule has 26 heavy (non-hydrogen) atoms. The number of amides is 1. The molecule has 1 N–H and O–H groups in total. The van der Waals surface area contributed by atoms with Crippen molar-refractivity contribution < 1.29 is 18.0 Å². The zero-order valence-corrected chi connectivity index (χ0v) is 15.8. The molecule has 0 spiro atoms. The molecule has 146 valence electrons. The Labute approximate surface area is 154 Å². The van der Waals surface area contributed by atoms with Crippen LogP contribution in [0.1, 0.15) is 57.1 Å². The fourth-order valence-electron chi connectivity index (χ4n) is 3.62. The van der Waals surface area contributed by atoms with Gasteiger partial charge in [-0.05, 0) is 55.8 Å². The Balaban J connectivity index is 1.80. The minimum absolute atomic E-state index is 0.0602. The molecule has 0 aliphatic carbocycles. The summed E-state index contributed by atoms with van der Waals surface area (Å²) in [7, 11) is 0. The Morgan fingerprint density at radius 1 is 1.27 bits per heavy atom. The molecule has 1 aromatic rings. The van der Waals surface area contributed by atoms with E-state index < -0.39 is 11.7 Å². The van der Waals surface area contributed by atoms with Crippen LogP contribution in [0.3, 0.4) is 0 Å². The molecule has 1 aliphatic rings. The zero-order valence-electron chi connectivity index (χ0n) is 15.8. The van der Waals surface area contributed by atoms with Gasteiger partial charge in [0, 0.05) is 25.6 Å². The summed E-state index contributed by atoms with van der Waals surface area (Å²) in [5.74, 6) is 0.515. The average Bonchev–Trinajstić information content (AvgIpc) is 2.53. The van der Waals surface area contributed by atoms with Gasteiger partial charge in [-0.3, -0.25) is 4.79 Å². The second-order valence-corrected chi connectivity index (χ2v) is 7.70. The third-order valence-electron chi connectivity index (χ3n) is 4.98. The Hall–Kier alpha value is -1.56. The third-order valence-corrected chi connectivity index (χ3v) is 4.98. The number of nitrogens with one attached hydrogen (secondary N) is 1. The van der Waals surface area contributed by atoms with Crippen LogP contribution in [0.25, 0.3) is 0 Å². The molecule has 1 heterocycles. The van der Waals surface area contributed by atoms with Crippen LogP contribution in [0, 0.1) is 5.92 Å². The highest BCUT2D eigenvalue weighted by atomic mass is 19.4. The van der Waals surface area contributed by atoms with Gasteiger partial charge in [0.1, 0.15) is 0 Å². The second kappa shape index (κ2) is 8.89. The van der Waals surface area contributed by atoms with Crippen LogP contribution >= 0.6 is 0 Å². The molecule has 0 aromatic heterocycles. The van der Waals surface area contributed by atoms with Crippen molar-refractivity contribution in [2.45, 2.75) is 58.2 Å². The molecule has 0 radical (unpaired) electrons. The molecule has 1 aliphatic heterocycles. The summed E-state index contributed by atoms with van der Waals surface area (Å²) >= 11 is 0. The van der Waals surface area contributed by atoms with Crippen LogP contribution in [-0.2, 0) is 11.0 Å². The Morgan fingerprint density at radius 2 is 1.92 bits per heavy atom. The molecule has 3 unspecified atom stereocenters. The summed E-state index contributed by atoms with van der Waals surface area (Å²) in [6, 6.07) is 5.12. The molecule has 0 saturated carbocycles. The van der Waals surface area contributed by atoms with Crippen LogP contribution in [0.2, 0.25) is 0 Å². The van der Waals surface area contributed by atoms with Crippen molar-refractivity contribution >= 4 is 5.91 Å². The quantitative estimate of drug-likeness (QED) is 0.803. The predicted molar refractivity (Wildman–Crippen MR) is 96.9 cm³/mol. The number of halogens is 3. The lowest BCUT2D eigenvalue weighted by atomic mass is 9.96. The third kappa shape index (κ3) is 6.31. The van der Waals surface area contributed by atoms with Crippen LogP contribution < -0.4 is 5.32 Å². The van der Waals surface area contributed by atoms with Gasteiger partial charge in [0.2, 0.25) is 5.91 Å². The molecule has 1 saturated heterocycles. The Kier molecular flexibility index (Phi) is 7.09. The molecular formula is C20H29F3N2O. The number of benzene rings is 1. The highest BCUT2D eigenvalue weighted by molar-refractivity contribution is 5.77. The summed E-state index contributed by atoms with van der Waals surface area (Å²) in [5.41, 5.74) is 0.0768. The standard InChI is InChI=1S/C20H29F3N2O/c1-14-5-4-10-25(12-14)13-16(3)24-19(26)11-15(2)17-6-8-18(9-7-17)20(21,22)23/h6-9,14-16H,4-5,10-13H2,1-3H3,(H,24,26). The molecule has 1 amide bonds. The largest absolute Gasteiger partial charge is 0.416 e. The van der Waals surface area contributed by atoms with E-state index >= 15 is 0 Å². The van der Waals surface area contributed by atoms with Crippen molar-refractivity contribution in [3.63, 3.8) is 0 Å². The normalized spacial score (nSPS) is 21.2. The van der Waals surface area contributed by atoms with Crippen LogP contribution in [0.5, 0.6) is 0 Å². The zero-order chi connectivity index (χ0) is 19.3. The van der Waals surface area contributed by atoms with E-state index in [2.05, 4.69) is 17.1 Å². The smallest absolute Gasteiger partial charge is 0.352 e. The van der Waals surface area contributed by atoms with Crippen LogP contribution in [0.15, 0.2) is 24.3 Å². The molecule has 3 atom stereocenters. The van der Waals surface area contributed by atoms with E-state index in [-0.39, 0.29) is 24.3 Å². The number of alkyl halides is 3. The number of rotatable bonds is 6. The first-order valence-electron chi connectivity index (χ1n) is 9.34. The number of hydrogen-bond donors (Lipinski definition) is 1. The lowest BCUT2D eigenvalue weighted by Gasteiger charge is -2.33. The van der Waals surface area contributed by atoms with Gasteiger partial charge in [0.15, 0.2) is 0 Å². The number of piperidine rings is 1. The van der Waals surface area contributed by atoms with E-state index in [4.69, 9.17) is 0 Å². The van der Waals surface area contributed by atoms with Crippen LogP contribution in [0.4, 0.5) is 13.2 Å². The molecule has 0 bridgehead atoms. The number of nitrogens with zero attached hydrogens (tertiary/aromatic N) is 1. The van der Waals surface area contributed by atoms with E-state index in [0.29, 0.717) is 5.92 Å². The molecule has 2 rings (SSSR count). The number of hydrogen-bond acceptors (Lipinski definition) is 2. The first kappa shape index (κ1) is 20.7. The molecule has 6 heteroatoms. The van der Waals surface area contributed by atoms with Crippen LogP contribution in [-0.4, -0.2) is 36.5 Å². The number of carbonyl (C=O) groups is 1. The maximum atomic E-state index is 12.6. The summed E-state index contributed by atoms with van der Waals surface area (Å²) in [4.78, 5) is 14.6. The average molecular weight is 370 g/mol. The highest BCUT2D eigenvalue weighted by Gasteiger charge is 2.30. The van der Waals surface area contributed by atoms with E-state index in [0.717, 1.165) is 37.3 Å². The lowest BCUT2D eigenvalue weighted by molar-refractivity contribution is -0.137. The number of carbonyl (C=O) groups excluding carboxylic acids is 1.